The molecule has 2 N–H and O–H groups in total. The molecule has 1 atom stereocenters. The largest absolute Gasteiger partial charge is 0.423 e. The summed E-state index contributed by atoms with van der Waals surface area (Å²) in [6.45, 7) is 1.62. The first-order valence-corrected chi connectivity index (χ1v) is 4.76. The molecule has 0 aliphatic heterocycles. The van der Waals surface area contributed by atoms with Gasteiger partial charge in [0.15, 0.2) is 0 Å². The zero-order valence-corrected chi connectivity index (χ0v) is 8.84. The zero-order valence-electron chi connectivity index (χ0n) is 8.84. The van der Waals surface area contributed by atoms with Crippen LogP contribution >= 0.6 is 0 Å². The van der Waals surface area contributed by atoms with Gasteiger partial charge in [-0.25, -0.2) is 5.10 Å². The Morgan fingerprint density at radius 3 is 2.71 bits per heavy atom. The molecule has 0 aliphatic carbocycles. The van der Waals surface area contributed by atoms with E-state index in [0.717, 1.165) is 6.20 Å². The van der Waals surface area contributed by atoms with Crippen LogP contribution in [0.1, 0.15) is 18.9 Å². The molecule has 1 aromatic heterocycles. The lowest BCUT2D eigenvalue weighted by atomic mass is 10.2. The molecule has 17 heavy (non-hydrogen) atoms. The fourth-order valence-electron chi connectivity index (χ4n) is 1.22. The third kappa shape index (κ3) is 3.05. The van der Waals surface area contributed by atoms with Crippen LogP contribution in [0, 0.1) is 0 Å². The van der Waals surface area contributed by atoms with Gasteiger partial charge in [-0.15, -0.1) is 0 Å². The number of carbonyl (C=O) groups is 1. The maximum absolute atomic E-state index is 12.6. The van der Waals surface area contributed by atoms with Crippen LogP contribution in [0.5, 0.6) is 0 Å². The third-order valence-electron chi connectivity index (χ3n) is 2.08. The number of aromatic amines is 1. The van der Waals surface area contributed by atoms with Crippen molar-refractivity contribution in [2.24, 2.45) is 0 Å². The molecule has 0 fully saturated rings. The van der Waals surface area contributed by atoms with Crippen molar-refractivity contribution in [3.63, 3.8) is 0 Å². The topological polar surface area (TPSA) is 74.8 Å². The number of halogens is 3. The molecule has 0 amide bonds. The molecule has 5 nitrogen and oxygen atoms in total. The van der Waals surface area contributed by atoms with Crippen molar-refractivity contribution in [3.8, 4) is 0 Å². The average Bonchev–Trinajstić information content (AvgIpc) is 2.24. The Morgan fingerprint density at radius 1 is 1.59 bits per heavy atom. The molecule has 0 radical (unpaired) electrons. The van der Waals surface area contributed by atoms with Gasteiger partial charge in [0.1, 0.15) is 11.8 Å². The standard InChI is InChI=1S/C9H10F3N3O2/c1-2-5(4-16)14-6-3-13-15-8(17)7(6)9(10,11)12/h3-5H,2H2,1H3,(H2,14,15,17)/t5-/m0/s1. The summed E-state index contributed by atoms with van der Waals surface area (Å²) < 4.78 is 37.8. The second-order valence-corrected chi connectivity index (χ2v) is 3.28. The molecule has 1 rings (SSSR count). The minimum atomic E-state index is -4.81. The SMILES string of the molecule is CC[C@@H](C=O)Nc1cn[nH]c(=O)c1C(F)(F)F. The first-order valence-electron chi connectivity index (χ1n) is 4.76. The number of nitrogens with zero attached hydrogens (tertiary/aromatic N) is 1. The molecule has 0 aromatic carbocycles. The van der Waals surface area contributed by atoms with Crippen LogP contribution in [0.3, 0.4) is 0 Å². The highest BCUT2D eigenvalue weighted by atomic mass is 19.4. The fourth-order valence-corrected chi connectivity index (χ4v) is 1.22. The Morgan fingerprint density at radius 2 is 2.24 bits per heavy atom. The van der Waals surface area contributed by atoms with Gasteiger partial charge in [-0.05, 0) is 6.42 Å². The van der Waals surface area contributed by atoms with Crippen LogP contribution in [0.25, 0.3) is 0 Å². The summed E-state index contributed by atoms with van der Waals surface area (Å²) in [7, 11) is 0. The monoisotopic (exact) mass is 249 g/mol. The summed E-state index contributed by atoms with van der Waals surface area (Å²) in [5.74, 6) is 0. The molecule has 94 valence electrons. The van der Waals surface area contributed by atoms with Crippen molar-refractivity contribution in [2.75, 3.05) is 5.32 Å². The third-order valence-corrected chi connectivity index (χ3v) is 2.08. The van der Waals surface area contributed by atoms with E-state index >= 15 is 0 Å². The van der Waals surface area contributed by atoms with Crippen LogP contribution in [-0.4, -0.2) is 22.5 Å². The number of hydrogen-bond donors (Lipinski definition) is 2. The highest BCUT2D eigenvalue weighted by Gasteiger charge is 2.37. The average molecular weight is 249 g/mol. The van der Waals surface area contributed by atoms with Gasteiger partial charge in [-0.3, -0.25) is 4.79 Å². The predicted molar refractivity (Wildman–Crippen MR) is 53.6 cm³/mol. The van der Waals surface area contributed by atoms with Gasteiger partial charge in [0.25, 0.3) is 5.56 Å². The number of alkyl halides is 3. The van der Waals surface area contributed by atoms with Crippen molar-refractivity contribution in [1.29, 1.82) is 0 Å². The van der Waals surface area contributed by atoms with E-state index in [1.165, 1.54) is 0 Å². The van der Waals surface area contributed by atoms with Crippen LogP contribution in [0.2, 0.25) is 0 Å². The van der Waals surface area contributed by atoms with Crippen LogP contribution < -0.4 is 10.9 Å². The van der Waals surface area contributed by atoms with Crippen molar-refractivity contribution in [3.05, 3.63) is 22.1 Å². The van der Waals surface area contributed by atoms with Crippen LogP contribution in [0.15, 0.2) is 11.0 Å². The number of aldehydes is 1. The predicted octanol–water partition coefficient (Wildman–Crippen LogP) is 1.18. The Hall–Kier alpha value is -1.86. The van der Waals surface area contributed by atoms with Gasteiger partial charge in [-0.1, -0.05) is 6.92 Å². The highest BCUT2D eigenvalue weighted by Crippen LogP contribution is 2.31. The molecule has 8 heteroatoms. The van der Waals surface area contributed by atoms with Crippen molar-refractivity contribution < 1.29 is 18.0 Å². The number of aromatic nitrogens is 2. The van der Waals surface area contributed by atoms with Gasteiger partial charge in [-0.2, -0.15) is 18.3 Å². The first kappa shape index (κ1) is 13.2. The van der Waals surface area contributed by atoms with Crippen molar-refractivity contribution in [2.45, 2.75) is 25.6 Å². The number of H-pyrrole nitrogens is 1. The van der Waals surface area contributed by atoms with E-state index in [1.807, 2.05) is 0 Å². The van der Waals surface area contributed by atoms with Gasteiger partial charge in [0.2, 0.25) is 0 Å². The molecule has 0 unspecified atom stereocenters. The van der Waals surface area contributed by atoms with E-state index in [-0.39, 0.29) is 0 Å². The number of rotatable bonds is 4. The lowest BCUT2D eigenvalue weighted by Gasteiger charge is -2.15. The van der Waals surface area contributed by atoms with E-state index in [9.17, 15) is 22.8 Å². The highest BCUT2D eigenvalue weighted by molar-refractivity contribution is 5.65. The summed E-state index contributed by atoms with van der Waals surface area (Å²) >= 11 is 0. The summed E-state index contributed by atoms with van der Waals surface area (Å²) in [4.78, 5) is 21.6. The molecule has 0 saturated carbocycles. The number of hydrogen-bond acceptors (Lipinski definition) is 4. The minimum absolute atomic E-state index is 0.299. The Bertz CT molecular complexity index is 456. The molecular weight excluding hydrogens is 239 g/mol. The number of anilines is 1. The summed E-state index contributed by atoms with van der Waals surface area (Å²) in [6.07, 6.45) is -3.20. The molecular formula is C9H10F3N3O2. The van der Waals surface area contributed by atoms with E-state index in [4.69, 9.17) is 0 Å². The quantitative estimate of drug-likeness (QED) is 0.786. The van der Waals surface area contributed by atoms with E-state index in [0.29, 0.717) is 12.7 Å². The number of carbonyl (C=O) groups excluding carboxylic acids is 1. The van der Waals surface area contributed by atoms with Gasteiger partial charge >= 0.3 is 6.18 Å². The Kier molecular flexibility index (Phi) is 3.87. The van der Waals surface area contributed by atoms with Crippen LogP contribution in [0.4, 0.5) is 18.9 Å². The second kappa shape index (κ2) is 4.98. The molecule has 0 aliphatic rings. The summed E-state index contributed by atoms with van der Waals surface area (Å²) in [5.41, 5.74) is -3.23. The zero-order chi connectivity index (χ0) is 13.1. The Labute approximate surface area is 94.0 Å². The summed E-state index contributed by atoms with van der Waals surface area (Å²) in [6, 6.07) is -0.792. The molecule has 0 spiro atoms. The molecule has 0 saturated heterocycles. The fraction of sp³-hybridized carbons (Fsp3) is 0.444. The minimum Gasteiger partial charge on any atom is -0.374 e. The van der Waals surface area contributed by atoms with Gasteiger partial charge in [0.05, 0.1) is 17.9 Å². The van der Waals surface area contributed by atoms with E-state index in [2.05, 4.69) is 10.4 Å². The first-order chi connectivity index (χ1) is 7.90. The lowest BCUT2D eigenvalue weighted by Crippen LogP contribution is -2.28. The lowest BCUT2D eigenvalue weighted by molar-refractivity contribution is -0.138. The molecule has 1 aromatic rings. The molecule has 1 heterocycles. The normalized spacial score (nSPS) is 13.2. The van der Waals surface area contributed by atoms with Crippen LogP contribution in [-0.2, 0) is 11.0 Å². The van der Waals surface area contributed by atoms with E-state index < -0.39 is 29.0 Å². The number of nitrogens with one attached hydrogen (secondary N) is 2. The van der Waals surface area contributed by atoms with Crippen molar-refractivity contribution in [1.82, 2.24) is 10.2 Å². The van der Waals surface area contributed by atoms with Crippen molar-refractivity contribution >= 4 is 12.0 Å². The van der Waals surface area contributed by atoms with Gasteiger partial charge < -0.3 is 10.1 Å². The molecule has 0 bridgehead atoms. The maximum Gasteiger partial charge on any atom is 0.423 e. The van der Waals surface area contributed by atoms with Gasteiger partial charge in [0, 0.05) is 0 Å². The maximum atomic E-state index is 12.6. The second-order valence-electron chi connectivity index (χ2n) is 3.28. The summed E-state index contributed by atoms with van der Waals surface area (Å²) in [5, 5.41) is 7.29. The van der Waals surface area contributed by atoms with E-state index in [1.54, 1.807) is 12.0 Å². The Balaban J connectivity index is 3.20. The smallest absolute Gasteiger partial charge is 0.374 e.